The van der Waals surface area contributed by atoms with Crippen molar-refractivity contribution in [1.29, 1.82) is 5.26 Å². The van der Waals surface area contributed by atoms with Crippen LogP contribution in [0.15, 0.2) is 24.3 Å². The summed E-state index contributed by atoms with van der Waals surface area (Å²) in [5.74, 6) is 0.531. The van der Waals surface area contributed by atoms with Gasteiger partial charge >= 0.3 is 0 Å². The molecule has 0 fully saturated rings. The molecule has 2 nitrogen and oxygen atoms in total. The second-order valence-corrected chi connectivity index (χ2v) is 5.71. The molecule has 0 bridgehead atoms. The number of nitrogens with zero attached hydrogens (tertiary/aromatic N) is 1. The molecule has 1 aromatic heterocycles. The minimum atomic E-state index is 0.531. The fourth-order valence-electron chi connectivity index (χ4n) is 1.90. The summed E-state index contributed by atoms with van der Waals surface area (Å²) >= 11 is 1.47. The largest absolute Gasteiger partial charge is 0.397 e. The first-order valence-electron chi connectivity index (χ1n) is 5.94. The van der Waals surface area contributed by atoms with Crippen molar-refractivity contribution in [2.75, 3.05) is 5.73 Å². The van der Waals surface area contributed by atoms with Gasteiger partial charge in [-0.15, -0.1) is 11.3 Å². The number of rotatable bonds is 2. The molecule has 0 spiro atoms. The number of nitriles is 1. The van der Waals surface area contributed by atoms with Crippen molar-refractivity contribution in [3.63, 3.8) is 0 Å². The van der Waals surface area contributed by atoms with E-state index < -0.39 is 0 Å². The predicted molar refractivity (Wildman–Crippen MR) is 77.7 cm³/mol. The Labute approximate surface area is 112 Å². The minimum Gasteiger partial charge on any atom is -0.397 e. The molecule has 0 radical (unpaired) electrons. The first-order valence-corrected chi connectivity index (χ1v) is 6.75. The molecule has 0 aliphatic carbocycles. The minimum absolute atomic E-state index is 0.531. The van der Waals surface area contributed by atoms with Crippen molar-refractivity contribution >= 4 is 17.0 Å². The van der Waals surface area contributed by atoms with Crippen LogP contribution in [0.4, 0.5) is 5.69 Å². The Bertz CT molecular complexity index is 601. The summed E-state index contributed by atoms with van der Waals surface area (Å²) in [5, 5.41) is 9.00. The normalized spacial score (nSPS) is 10.6. The molecule has 0 saturated heterocycles. The van der Waals surface area contributed by atoms with Crippen LogP contribution in [0.25, 0.3) is 10.4 Å². The second-order valence-electron chi connectivity index (χ2n) is 4.69. The smallest absolute Gasteiger partial charge is 0.128 e. The summed E-state index contributed by atoms with van der Waals surface area (Å²) in [4.78, 5) is 1.70. The van der Waals surface area contributed by atoms with Gasteiger partial charge in [0.15, 0.2) is 0 Å². The molecular formula is C15H16N2S. The van der Waals surface area contributed by atoms with Crippen LogP contribution in [0.5, 0.6) is 0 Å². The Morgan fingerprint density at radius 2 is 1.83 bits per heavy atom. The molecule has 18 heavy (non-hydrogen) atoms. The molecule has 2 rings (SSSR count). The first-order chi connectivity index (χ1) is 8.54. The lowest BCUT2D eigenvalue weighted by molar-refractivity contribution is 0.867. The van der Waals surface area contributed by atoms with Gasteiger partial charge in [-0.1, -0.05) is 38.1 Å². The van der Waals surface area contributed by atoms with Crippen molar-refractivity contribution in [3.05, 3.63) is 40.3 Å². The van der Waals surface area contributed by atoms with Crippen LogP contribution in [0.2, 0.25) is 0 Å². The van der Waals surface area contributed by atoms with Gasteiger partial charge in [0.05, 0.1) is 5.69 Å². The van der Waals surface area contributed by atoms with Crippen molar-refractivity contribution in [1.82, 2.24) is 0 Å². The Hall–Kier alpha value is -1.79. The number of anilines is 1. The molecule has 2 N–H and O–H groups in total. The number of nitrogen functional groups attached to an aromatic ring is 1. The lowest BCUT2D eigenvalue weighted by Crippen LogP contribution is -1.88. The molecule has 0 saturated carbocycles. The van der Waals surface area contributed by atoms with Crippen molar-refractivity contribution in [2.45, 2.75) is 26.7 Å². The van der Waals surface area contributed by atoms with E-state index in [1.165, 1.54) is 16.9 Å². The third-order valence-corrected chi connectivity index (χ3v) is 4.40. The summed E-state index contributed by atoms with van der Waals surface area (Å²) in [6.07, 6.45) is 0. The third-order valence-electron chi connectivity index (χ3n) is 3.13. The van der Waals surface area contributed by atoms with Crippen LogP contribution in [0.1, 0.15) is 35.8 Å². The number of hydrogen-bond acceptors (Lipinski definition) is 3. The van der Waals surface area contributed by atoms with Crippen molar-refractivity contribution < 1.29 is 0 Å². The van der Waals surface area contributed by atoms with Gasteiger partial charge in [-0.2, -0.15) is 5.26 Å². The second kappa shape index (κ2) is 4.83. The lowest BCUT2D eigenvalue weighted by Gasteiger charge is -2.06. The number of hydrogen-bond donors (Lipinski definition) is 1. The van der Waals surface area contributed by atoms with Gasteiger partial charge in [0, 0.05) is 4.88 Å². The van der Waals surface area contributed by atoms with E-state index in [0.29, 0.717) is 16.5 Å². The van der Waals surface area contributed by atoms with Gasteiger partial charge < -0.3 is 5.73 Å². The maximum atomic E-state index is 9.00. The topological polar surface area (TPSA) is 49.8 Å². The highest BCUT2D eigenvalue weighted by molar-refractivity contribution is 7.16. The zero-order valence-electron chi connectivity index (χ0n) is 10.8. The summed E-state index contributed by atoms with van der Waals surface area (Å²) in [5.41, 5.74) is 10.00. The maximum Gasteiger partial charge on any atom is 0.128 e. The molecular weight excluding hydrogens is 240 g/mol. The highest BCUT2D eigenvalue weighted by atomic mass is 32.1. The molecule has 1 heterocycles. The van der Waals surface area contributed by atoms with E-state index in [4.69, 9.17) is 11.0 Å². The van der Waals surface area contributed by atoms with E-state index in [2.05, 4.69) is 44.2 Å². The molecule has 0 aliphatic rings. The quantitative estimate of drug-likeness (QED) is 0.870. The van der Waals surface area contributed by atoms with Gasteiger partial charge in [-0.05, 0) is 29.5 Å². The fraction of sp³-hybridized carbons (Fsp3) is 0.267. The van der Waals surface area contributed by atoms with Crippen molar-refractivity contribution in [3.8, 4) is 16.5 Å². The Balaban J connectivity index is 2.47. The van der Waals surface area contributed by atoms with Crippen LogP contribution in [0, 0.1) is 18.3 Å². The monoisotopic (exact) mass is 256 g/mol. The van der Waals surface area contributed by atoms with E-state index in [0.717, 1.165) is 16.0 Å². The van der Waals surface area contributed by atoms with E-state index in [-0.39, 0.29) is 0 Å². The molecule has 0 amide bonds. The molecule has 0 unspecified atom stereocenters. The number of benzene rings is 1. The molecule has 1 aromatic carbocycles. The predicted octanol–water partition coefficient (Wildman–Crippen LogP) is 4.30. The lowest BCUT2D eigenvalue weighted by atomic mass is 10.0. The summed E-state index contributed by atoms with van der Waals surface area (Å²) < 4.78 is 0. The summed E-state index contributed by atoms with van der Waals surface area (Å²) in [7, 11) is 0. The molecule has 92 valence electrons. The van der Waals surface area contributed by atoms with Crippen LogP contribution < -0.4 is 5.73 Å². The zero-order valence-corrected chi connectivity index (χ0v) is 11.6. The average Bonchev–Trinajstić information content (AvgIpc) is 2.66. The molecule has 2 aromatic rings. The third kappa shape index (κ3) is 2.12. The van der Waals surface area contributed by atoms with Gasteiger partial charge in [0.25, 0.3) is 0 Å². The summed E-state index contributed by atoms with van der Waals surface area (Å²) in [6.45, 7) is 6.33. The van der Waals surface area contributed by atoms with Crippen LogP contribution in [-0.2, 0) is 0 Å². The Morgan fingerprint density at radius 1 is 1.22 bits per heavy atom. The number of nitrogens with two attached hydrogens (primary N) is 1. The highest BCUT2D eigenvalue weighted by Crippen LogP contribution is 2.37. The fourth-order valence-corrected chi connectivity index (χ4v) is 2.93. The Kier molecular flexibility index (Phi) is 3.40. The Morgan fingerprint density at radius 3 is 2.28 bits per heavy atom. The van der Waals surface area contributed by atoms with E-state index in [9.17, 15) is 0 Å². The maximum absolute atomic E-state index is 9.00. The van der Waals surface area contributed by atoms with Crippen LogP contribution in [-0.4, -0.2) is 0 Å². The van der Waals surface area contributed by atoms with Gasteiger partial charge in [-0.3, -0.25) is 0 Å². The van der Waals surface area contributed by atoms with Crippen LogP contribution >= 0.6 is 11.3 Å². The van der Waals surface area contributed by atoms with Crippen molar-refractivity contribution in [2.24, 2.45) is 0 Å². The molecule has 3 heteroatoms. The van der Waals surface area contributed by atoms with Gasteiger partial charge in [0.1, 0.15) is 10.9 Å². The van der Waals surface area contributed by atoms with E-state index >= 15 is 0 Å². The molecule has 0 aliphatic heterocycles. The highest BCUT2D eigenvalue weighted by Gasteiger charge is 2.13. The number of thiophene rings is 1. The zero-order chi connectivity index (χ0) is 13.3. The standard InChI is InChI=1S/C15H16N2S/c1-9(2)11-4-6-12(7-5-11)15-10(3)14(17)13(8-16)18-15/h4-7,9H,17H2,1-3H3. The van der Waals surface area contributed by atoms with Gasteiger partial charge in [0.2, 0.25) is 0 Å². The molecule has 0 atom stereocenters. The SMILES string of the molecule is Cc1c(-c2ccc(C(C)C)cc2)sc(C#N)c1N. The average molecular weight is 256 g/mol. The first kappa shape index (κ1) is 12.7. The van der Waals surface area contributed by atoms with Crippen LogP contribution in [0.3, 0.4) is 0 Å². The summed E-state index contributed by atoms with van der Waals surface area (Å²) in [6, 6.07) is 10.6. The van der Waals surface area contributed by atoms with E-state index in [1.807, 2.05) is 6.92 Å². The van der Waals surface area contributed by atoms with Gasteiger partial charge in [-0.25, -0.2) is 0 Å². The van der Waals surface area contributed by atoms with E-state index in [1.54, 1.807) is 0 Å².